The van der Waals surface area contributed by atoms with Gasteiger partial charge in [0, 0.05) is 22.5 Å². The highest BCUT2D eigenvalue weighted by Crippen LogP contribution is 2.18. The molecule has 3 heteroatoms. The Morgan fingerprint density at radius 1 is 1.31 bits per heavy atom. The molecule has 0 bridgehead atoms. The number of halogens is 1. The minimum absolute atomic E-state index is 0.320. The first-order valence-corrected chi connectivity index (χ1v) is 6.52. The first-order valence-electron chi connectivity index (χ1n) is 5.27. The number of hydrogen-bond donors (Lipinski definition) is 1. The Morgan fingerprint density at radius 3 is 2.88 bits per heavy atom. The average molecular weight is 252 g/mol. The van der Waals surface area contributed by atoms with Gasteiger partial charge in [0.2, 0.25) is 0 Å². The Morgan fingerprint density at radius 2 is 2.19 bits per heavy atom. The number of nitrogens with one attached hydrogen (secondary N) is 1. The third kappa shape index (κ3) is 3.08. The van der Waals surface area contributed by atoms with E-state index in [1.807, 2.05) is 18.2 Å². The van der Waals surface area contributed by atoms with Crippen LogP contribution in [0.15, 0.2) is 41.8 Å². The Balaban J connectivity index is 1.95. The lowest BCUT2D eigenvalue weighted by Gasteiger charge is -2.13. The zero-order chi connectivity index (χ0) is 11.4. The van der Waals surface area contributed by atoms with E-state index in [9.17, 15) is 0 Å². The van der Waals surface area contributed by atoms with Gasteiger partial charge in [-0.15, -0.1) is 11.3 Å². The minimum Gasteiger partial charge on any atom is -0.305 e. The zero-order valence-corrected chi connectivity index (χ0v) is 10.7. The number of hydrogen-bond acceptors (Lipinski definition) is 2. The fourth-order valence-corrected chi connectivity index (χ4v) is 2.42. The van der Waals surface area contributed by atoms with E-state index in [0.29, 0.717) is 6.04 Å². The maximum atomic E-state index is 5.96. The van der Waals surface area contributed by atoms with Gasteiger partial charge in [-0.3, -0.25) is 0 Å². The molecular weight excluding hydrogens is 238 g/mol. The highest BCUT2D eigenvalue weighted by molar-refractivity contribution is 7.09. The predicted octanol–water partition coefficient (Wildman–Crippen LogP) is 4.25. The van der Waals surface area contributed by atoms with E-state index < -0.39 is 0 Å². The molecule has 1 N–H and O–H groups in total. The smallest absolute Gasteiger partial charge is 0.0409 e. The molecule has 0 spiro atoms. The summed E-state index contributed by atoms with van der Waals surface area (Å²) in [4.78, 5) is 1.36. The molecular formula is C13H14ClNS. The van der Waals surface area contributed by atoms with Crippen LogP contribution in [-0.4, -0.2) is 0 Å². The second-order valence-corrected chi connectivity index (χ2v) is 5.21. The molecule has 0 unspecified atom stereocenters. The monoisotopic (exact) mass is 251 g/mol. The second kappa shape index (κ2) is 5.48. The van der Waals surface area contributed by atoms with E-state index in [0.717, 1.165) is 11.6 Å². The van der Waals surface area contributed by atoms with Crippen molar-refractivity contribution < 1.29 is 0 Å². The van der Waals surface area contributed by atoms with Gasteiger partial charge < -0.3 is 5.32 Å². The van der Waals surface area contributed by atoms with Crippen molar-refractivity contribution in [2.24, 2.45) is 0 Å². The Hall–Kier alpha value is -0.830. The molecule has 1 nitrogen and oxygen atoms in total. The molecule has 0 aliphatic carbocycles. The molecule has 0 saturated carbocycles. The maximum absolute atomic E-state index is 5.96. The Bertz CT molecular complexity index is 439. The molecule has 0 aliphatic rings. The van der Waals surface area contributed by atoms with Crippen molar-refractivity contribution in [1.29, 1.82) is 0 Å². The predicted molar refractivity (Wildman–Crippen MR) is 71.0 cm³/mol. The summed E-state index contributed by atoms with van der Waals surface area (Å²) in [6, 6.07) is 12.5. The minimum atomic E-state index is 0.320. The van der Waals surface area contributed by atoms with E-state index in [2.05, 4.69) is 35.8 Å². The SMILES string of the molecule is C[C@@H](NCc1cccs1)c1cccc(Cl)c1. The van der Waals surface area contributed by atoms with Crippen LogP contribution in [-0.2, 0) is 6.54 Å². The largest absolute Gasteiger partial charge is 0.305 e. The normalized spacial score (nSPS) is 12.6. The number of rotatable bonds is 4. The zero-order valence-electron chi connectivity index (χ0n) is 9.11. The molecule has 0 amide bonds. The molecule has 2 aromatic rings. The summed E-state index contributed by atoms with van der Waals surface area (Å²) in [5.41, 5.74) is 1.23. The van der Waals surface area contributed by atoms with Crippen molar-refractivity contribution in [1.82, 2.24) is 5.32 Å². The van der Waals surface area contributed by atoms with Gasteiger partial charge in [-0.1, -0.05) is 29.8 Å². The van der Waals surface area contributed by atoms with Crippen molar-refractivity contribution in [3.05, 3.63) is 57.2 Å². The summed E-state index contributed by atoms with van der Waals surface area (Å²) in [5.74, 6) is 0. The lowest BCUT2D eigenvalue weighted by molar-refractivity contribution is 0.579. The van der Waals surface area contributed by atoms with Gasteiger partial charge in [-0.05, 0) is 36.1 Å². The lowest BCUT2D eigenvalue weighted by Crippen LogP contribution is -2.17. The molecule has 0 fully saturated rings. The topological polar surface area (TPSA) is 12.0 Å². The van der Waals surface area contributed by atoms with Crippen LogP contribution in [0.3, 0.4) is 0 Å². The Kier molecular flexibility index (Phi) is 3.99. The van der Waals surface area contributed by atoms with E-state index >= 15 is 0 Å². The van der Waals surface area contributed by atoms with Crippen LogP contribution in [0, 0.1) is 0 Å². The van der Waals surface area contributed by atoms with E-state index in [-0.39, 0.29) is 0 Å². The summed E-state index contributed by atoms with van der Waals surface area (Å²) < 4.78 is 0. The van der Waals surface area contributed by atoms with Gasteiger partial charge in [0.25, 0.3) is 0 Å². The highest BCUT2D eigenvalue weighted by atomic mass is 35.5. The number of thiophene rings is 1. The molecule has 0 radical (unpaired) electrons. The van der Waals surface area contributed by atoms with Crippen LogP contribution in [0.25, 0.3) is 0 Å². The molecule has 2 rings (SSSR count). The quantitative estimate of drug-likeness (QED) is 0.857. The highest BCUT2D eigenvalue weighted by Gasteiger charge is 2.05. The third-order valence-corrected chi connectivity index (χ3v) is 3.62. The lowest BCUT2D eigenvalue weighted by atomic mass is 10.1. The molecule has 1 heterocycles. The van der Waals surface area contributed by atoms with Crippen molar-refractivity contribution in [2.45, 2.75) is 19.5 Å². The van der Waals surface area contributed by atoms with Gasteiger partial charge in [0.05, 0.1) is 0 Å². The molecule has 84 valence electrons. The van der Waals surface area contributed by atoms with Gasteiger partial charge in [0.1, 0.15) is 0 Å². The maximum Gasteiger partial charge on any atom is 0.0409 e. The summed E-state index contributed by atoms with van der Waals surface area (Å²) in [7, 11) is 0. The van der Waals surface area contributed by atoms with Gasteiger partial charge >= 0.3 is 0 Å². The fourth-order valence-electron chi connectivity index (χ4n) is 1.56. The second-order valence-electron chi connectivity index (χ2n) is 3.74. The van der Waals surface area contributed by atoms with E-state index in [4.69, 9.17) is 11.6 Å². The van der Waals surface area contributed by atoms with Crippen molar-refractivity contribution in [3.63, 3.8) is 0 Å². The first kappa shape index (κ1) is 11.6. The fraction of sp³-hybridized carbons (Fsp3) is 0.231. The van der Waals surface area contributed by atoms with Crippen molar-refractivity contribution in [3.8, 4) is 0 Å². The van der Waals surface area contributed by atoms with Crippen molar-refractivity contribution >= 4 is 22.9 Å². The molecule has 1 atom stereocenters. The van der Waals surface area contributed by atoms with Crippen LogP contribution in [0.1, 0.15) is 23.4 Å². The summed E-state index contributed by atoms with van der Waals surface area (Å²) in [6.07, 6.45) is 0. The summed E-state index contributed by atoms with van der Waals surface area (Å²) in [5, 5.41) is 6.37. The molecule has 1 aromatic heterocycles. The van der Waals surface area contributed by atoms with Gasteiger partial charge in [-0.25, -0.2) is 0 Å². The van der Waals surface area contributed by atoms with Gasteiger partial charge in [0.15, 0.2) is 0 Å². The van der Waals surface area contributed by atoms with E-state index in [1.54, 1.807) is 11.3 Å². The molecule has 16 heavy (non-hydrogen) atoms. The standard InChI is InChI=1S/C13H14ClNS/c1-10(11-4-2-5-12(14)8-11)15-9-13-6-3-7-16-13/h2-8,10,15H,9H2,1H3/t10-/m1/s1. The van der Waals surface area contributed by atoms with Crippen LogP contribution in [0.2, 0.25) is 5.02 Å². The third-order valence-electron chi connectivity index (χ3n) is 2.51. The summed E-state index contributed by atoms with van der Waals surface area (Å²) >= 11 is 7.74. The van der Waals surface area contributed by atoms with Crippen molar-refractivity contribution in [2.75, 3.05) is 0 Å². The summed E-state index contributed by atoms with van der Waals surface area (Å²) in [6.45, 7) is 3.06. The first-order chi connectivity index (χ1) is 7.75. The average Bonchev–Trinajstić information content (AvgIpc) is 2.78. The van der Waals surface area contributed by atoms with Crippen LogP contribution in [0.4, 0.5) is 0 Å². The van der Waals surface area contributed by atoms with Crippen LogP contribution < -0.4 is 5.32 Å². The van der Waals surface area contributed by atoms with Gasteiger partial charge in [-0.2, -0.15) is 0 Å². The molecule has 1 aromatic carbocycles. The Labute approximate surface area is 105 Å². The van der Waals surface area contributed by atoms with Crippen LogP contribution >= 0.6 is 22.9 Å². The van der Waals surface area contributed by atoms with E-state index in [1.165, 1.54) is 10.4 Å². The molecule has 0 aliphatic heterocycles. The molecule has 0 saturated heterocycles. The number of benzene rings is 1. The van der Waals surface area contributed by atoms with Crippen LogP contribution in [0.5, 0.6) is 0 Å².